The summed E-state index contributed by atoms with van der Waals surface area (Å²) in [5, 5.41) is 3.37. The first kappa shape index (κ1) is 18.1. The zero-order valence-electron chi connectivity index (χ0n) is 15.0. The minimum Gasteiger partial charge on any atom is -0.347 e. The van der Waals surface area contributed by atoms with Gasteiger partial charge in [0.1, 0.15) is 11.4 Å². The molecule has 0 atom stereocenters. The van der Waals surface area contributed by atoms with Crippen molar-refractivity contribution in [3.8, 4) is 0 Å². The largest absolute Gasteiger partial charge is 0.347 e. The molecule has 2 amide bonds. The Balaban J connectivity index is 1.82. The number of aromatic nitrogens is 1. The molecule has 28 heavy (non-hydrogen) atoms. The van der Waals surface area contributed by atoms with Gasteiger partial charge in [-0.15, -0.1) is 0 Å². The van der Waals surface area contributed by atoms with E-state index < -0.39 is 17.6 Å². The second-order valence-corrected chi connectivity index (χ2v) is 6.71. The molecule has 5 nitrogen and oxygen atoms in total. The fourth-order valence-corrected chi connectivity index (χ4v) is 3.60. The number of fused-ring (bicyclic) bond motifs is 1. The number of anilines is 1. The Morgan fingerprint density at radius 2 is 1.93 bits per heavy atom. The summed E-state index contributed by atoms with van der Waals surface area (Å²) in [7, 11) is 0. The van der Waals surface area contributed by atoms with Gasteiger partial charge in [0, 0.05) is 29.2 Å². The zero-order valence-corrected chi connectivity index (χ0v) is 15.8. The highest BCUT2D eigenvalue weighted by molar-refractivity contribution is 7.80. The number of thiocarbonyl (C=S) groups is 1. The van der Waals surface area contributed by atoms with E-state index in [2.05, 4.69) is 5.32 Å². The highest BCUT2D eigenvalue weighted by Crippen LogP contribution is 2.26. The molecule has 1 saturated heterocycles. The summed E-state index contributed by atoms with van der Waals surface area (Å²) < 4.78 is 15.7. The van der Waals surface area contributed by atoms with Gasteiger partial charge in [0.05, 0.1) is 5.69 Å². The number of nitrogens with one attached hydrogen (secondary N) is 1. The number of carbonyl (C=O) groups excluding carboxylic acids is 2. The highest BCUT2D eigenvalue weighted by atomic mass is 32.1. The topological polar surface area (TPSA) is 54.3 Å². The molecular formula is C21H16FN3O2S. The summed E-state index contributed by atoms with van der Waals surface area (Å²) in [6.07, 6.45) is 3.46. The number of benzene rings is 2. The summed E-state index contributed by atoms with van der Waals surface area (Å²) in [5.74, 6) is -1.66. The Kier molecular flexibility index (Phi) is 4.52. The average Bonchev–Trinajstić information content (AvgIpc) is 3.03. The second-order valence-electron chi connectivity index (χ2n) is 6.33. The lowest BCUT2D eigenvalue weighted by atomic mass is 10.1. The molecule has 7 heteroatoms. The smallest absolute Gasteiger partial charge is 0.270 e. The molecule has 0 bridgehead atoms. The summed E-state index contributed by atoms with van der Waals surface area (Å²) >= 11 is 5.14. The number of para-hydroxylation sites is 1. The van der Waals surface area contributed by atoms with Crippen molar-refractivity contribution >= 4 is 51.8 Å². The van der Waals surface area contributed by atoms with Crippen LogP contribution in [0.5, 0.6) is 0 Å². The van der Waals surface area contributed by atoms with Crippen LogP contribution < -0.4 is 10.2 Å². The molecule has 1 N–H and O–H groups in total. The number of aryl methyl sites for hydroxylation is 1. The summed E-state index contributed by atoms with van der Waals surface area (Å²) in [5.41, 5.74) is 1.97. The third-order valence-corrected chi connectivity index (χ3v) is 4.91. The quantitative estimate of drug-likeness (QED) is 0.420. The molecule has 0 unspecified atom stereocenters. The first-order chi connectivity index (χ1) is 13.5. The van der Waals surface area contributed by atoms with E-state index in [-0.39, 0.29) is 16.4 Å². The predicted molar refractivity (Wildman–Crippen MR) is 110 cm³/mol. The maximum Gasteiger partial charge on any atom is 0.270 e. The van der Waals surface area contributed by atoms with Crippen molar-refractivity contribution in [2.45, 2.75) is 13.5 Å². The number of amides is 2. The van der Waals surface area contributed by atoms with Crippen LogP contribution in [-0.4, -0.2) is 21.5 Å². The van der Waals surface area contributed by atoms with Crippen LogP contribution in [0.3, 0.4) is 0 Å². The molecule has 1 aliphatic heterocycles. The Morgan fingerprint density at radius 3 is 2.68 bits per heavy atom. The van der Waals surface area contributed by atoms with E-state index in [0.717, 1.165) is 27.9 Å². The van der Waals surface area contributed by atoms with Crippen molar-refractivity contribution in [3.05, 3.63) is 71.7 Å². The number of halogens is 1. The van der Waals surface area contributed by atoms with Crippen LogP contribution in [0.25, 0.3) is 17.0 Å². The maximum absolute atomic E-state index is 13.6. The molecule has 1 aromatic heterocycles. The third-order valence-electron chi connectivity index (χ3n) is 4.63. The maximum atomic E-state index is 13.6. The molecule has 0 saturated carbocycles. The SMILES string of the molecule is CCn1cc(/C=C2\C(=O)NC(=S)N(c3cccc(F)c3)C2=O)c2ccccc21. The van der Waals surface area contributed by atoms with Crippen LogP contribution >= 0.6 is 12.2 Å². The van der Waals surface area contributed by atoms with E-state index in [1.807, 2.05) is 42.0 Å². The highest BCUT2D eigenvalue weighted by Gasteiger charge is 2.34. The van der Waals surface area contributed by atoms with E-state index in [9.17, 15) is 14.0 Å². The first-order valence-electron chi connectivity index (χ1n) is 8.74. The monoisotopic (exact) mass is 393 g/mol. The summed E-state index contributed by atoms with van der Waals surface area (Å²) in [4.78, 5) is 26.7. The number of carbonyl (C=O) groups is 2. The van der Waals surface area contributed by atoms with E-state index in [1.54, 1.807) is 12.1 Å². The lowest BCUT2D eigenvalue weighted by Gasteiger charge is -2.28. The van der Waals surface area contributed by atoms with Gasteiger partial charge < -0.3 is 4.57 Å². The van der Waals surface area contributed by atoms with Crippen LogP contribution in [0.15, 0.2) is 60.3 Å². The van der Waals surface area contributed by atoms with E-state index in [0.29, 0.717) is 0 Å². The van der Waals surface area contributed by atoms with Crippen molar-refractivity contribution in [2.24, 2.45) is 0 Å². The molecule has 1 aliphatic rings. The first-order valence-corrected chi connectivity index (χ1v) is 9.15. The van der Waals surface area contributed by atoms with Crippen LogP contribution in [0.2, 0.25) is 0 Å². The van der Waals surface area contributed by atoms with Gasteiger partial charge in [-0.2, -0.15) is 0 Å². The average molecular weight is 393 g/mol. The van der Waals surface area contributed by atoms with Gasteiger partial charge >= 0.3 is 0 Å². The summed E-state index contributed by atoms with van der Waals surface area (Å²) in [6, 6.07) is 13.3. The minimum absolute atomic E-state index is 0.0585. The molecule has 0 spiro atoms. The van der Waals surface area contributed by atoms with E-state index in [1.165, 1.54) is 18.2 Å². The second kappa shape index (κ2) is 7.01. The third kappa shape index (κ3) is 2.99. The van der Waals surface area contributed by atoms with Gasteiger partial charge in [-0.25, -0.2) is 4.39 Å². The van der Waals surface area contributed by atoms with Crippen LogP contribution in [0.1, 0.15) is 12.5 Å². The summed E-state index contributed by atoms with van der Waals surface area (Å²) in [6.45, 7) is 2.77. The van der Waals surface area contributed by atoms with Crippen molar-refractivity contribution in [1.29, 1.82) is 0 Å². The van der Waals surface area contributed by atoms with Gasteiger partial charge in [-0.05, 0) is 49.5 Å². The number of nitrogens with zero attached hydrogens (tertiary/aromatic N) is 2. The lowest BCUT2D eigenvalue weighted by Crippen LogP contribution is -2.54. The van der Waals surface area contributed by atoms with Gasteiger partial charge in [-0.3, -0.25) is 19.8 Å². The van der Waals surface area contributed by atoms with Gasteiger partial charge in [0.25, 0.3) is 11.8 Å². The number of hydrogen-bond acceptors (Lipinski definition) is 3. The van der Waals surface area contributed by atoms with Gasteiger partial charge in [0.15, 0.2) is 5.11 Å². The van der Waals surface area contributed by atoms with Crippen molar-refractivity contribution < 1.29 is 14.0 Å². The normalized spacial score (nSPS) is 16.1. The number of rotatable bonds is 3. The van der Waals surface area contributed by atoms with Gasteiger partial charge in [-0.1, -0.05) is 24.3 Å². The molecule has 0 aliphatic carbocycles. The van der Waals surface area contributed by atoms with Gasteiger partial charge in [0.2, 0.25) is 0 Å². The Hall–Kier alpha value is -3.32. The Morgan fingerprint density at radius 1 is 1.14 bits per heavy atom. The molecule has 4 rings (SSSR count). The number of hydrogen-bond donors (Lipinski definition) is 1. The molecule has 140 valence electrons. The predicted octanol–water partition coefficient (Wildman–Crippen LogP) is 3.63. The molecule has 1 fully saturated rings. The van der Waals surface area contributed by atoms with Crippen molar-refractivity contribution in [1.82, 2.24) is 9.88 Å². The standard InChI is InChI=1S/C21H16FN3O2S/c1-2-24-12-13(16-8-3-4-9-18(16)24)10-17-19(26)23-21(28)25(20(17)27)15-7-5-6-14(22)11-15/h3-12H,2H2,1H3,(H,23,26,28)/b17-10+. The Bertz CT molecular complexity index is 1170. The fraction of sp³-hybridized carbons (Fsp3) is 0.0952. The lowest BCUT2D eigenvalue weighted by molar-refractivity contribution is -0.122. The van der Waals surface area contributed by atoms with E-state index >= 15 is 0 Å². The Labute approximate surface area is 166 Å². The van der Waals surface area contributed by atoms with Crippen LogP contribution in [0.4, 0.5) is 10.1 Å². The van der Waals surface area contributed by atoms with E-state index in [4.69, 9.17) is 12.2 Å². The molecule has 0 radical (unpaired) electrons. The molecular weight excluding hydrogens is 377 g/mol. The van der Waals surface area contributed by atoms with Crippen molar-refractivity contribution in [2.75, 3.05) is 4.90 Å². The van der Waals surface area contributed by atoms with Crippen LogP contribution in [-0.2, 0) is 16.1 Å². The molecule has 2 heterocycles. The molecule has 3 aromatic rings. The fourth-order valence-electron chi connectivity index (χ4n) is 3.31. The minimum atomic E-state index is -0.590. The molecule has 2 aromatic carbocycles. The van der Waals surface area contributed by atoms with Crippen LogP contribution in [0, 0.1) is 5.82 Å². The van der Waals surface area contributed by atoms with Crippen molar-refractivity contribution in [3.63, 3.8) is 0 Å². The zero-order chi connectivity index (χ0) is 19.8.